The summed E-state index contributed by atoms with van der Waals surface area (Å²) in [5.41, 5.74) is 0.439. The van der Waals surface area contributed by atoms with E-state index in [1.54, 1.807) is 19.2 Å². The number of nitrogens with one attached hydrogen (secondary N) is 3. The zero-order valence-corrected chi connectivity index (χ0v) is 15.9. The molecule has 1 amide bonds. The number of unbranched alkanes of at least 4 members (excludes halogenated alkanes) is 1. The predicted octanol–water partition coefficient (Wildman–Crippen LogP) is 1.77. The number of likely N-dealkylation sites (N-methyl/N-ethyl adjacent to an activating group) is 1. The zero-order chi connectivity index (χ0) is 18.2. The number of hydrogen-bond acceptors (Lipinski definition) is 3. The van der Waals surface area contributed by atoms with Crippen LogP contribution in [0.1, 0.15) is 37.3 Å². The van der Waals surface area contributed by atoms with E-state index in [9.17, 15) is 13.6 Å². The van der Waals surface area contributed by atoms with Crippen LogP contribution in [0.15, 0.2) is 24.3 Å². The number of hydrogen-bond donors (Lipinski definition) is 4. The minimum Gasteiger partial charge on any atom is -0.381 e. The molecule has 8 heteroatoms. The summed E-state index contributed by atoms with van der Waals surface area (Å²) in [7, 11) is 1.63. The smallest absolute Gasteiger partial charge is 0.232 e. The van der Waals surface area contributed by atoms with E-state index in [2.05, 4.69) is 15.4 Å². The third kappa shape index (κ3) is 5.62. The molecule has 0 aliphatic rings. The fraction of sp³-hybridized carbons (Fsp3) is 0.500. The Labute approximate surface area is 151 Å². The average Bonchev–Trinajstić information content (AvgIpc) is 2.53. The summed E-state index contributed by atoms with van der Waals surface area (Å²) in [6.07, 6.45) is 1.77. The van der Waals surface area contributed by atoms with Crippen LogP contribution in [-0.2, 0) is 21.6 Å². The van der Waals surface area contributed by atoms with Gasteiger partial charge in [0.2, 0.25) is 17.2 Å². The first kappa shape index (κ1) is 20.7. The van der Waals surface area contributed by atoms with Crippen molar-refractivity contribution in [1.82, 2.24) is 15.4 Å². The highest BCUT2D eigenvalue weighted by Crippen LogP contribution is 2.27. The van der Waals surface area contributed by atoms with Crippen LogP contribution in [0.25, 0.3) is 0 Å². The van der Waals surface area contributed by atoms with Crippen LogP contribution in [0.5, 0.6) is 0 Å². The van der Waals surface area contributed by atoms with Crippen molar-refractivity contribution in [2.24, 2.45) is 0 Å². The van der Waals surface area contributed by atoms with Gasteiger partial charge in [0.25, 0.3) is 0 Å². The van der Waals surface area contributed by atoms with Crippen molar-refractivity contribution >= 4 is 34.4 Å². The summed E-state index contributed by atoms with van der Waals surface area (Å²) in [5, 5.41) is 5.67. The summed E-state index contributed by atoms with van der Waals surface area (Å²) in [5.74, 6) is -0.237. The molecular formula is C16H25N3O3S2. The lowest BCUT2D eigenvalue weighted by atomic mass is 9.86. The van der Waals surface area contributed by atoms with Crippen molar-refractivity contribution in [1.29, 1.82) is 0 Å². The Balaban J connectivity index is 3.20. The first-order valence-electron chi connectivity index (χ1n) is 7.80. The highest BCUT2D eigenvalue weighted by atomic mass is 32.2. The van der Waals surface area contributed by atoms with E-state index in [1.807, 2.05) is 26.0 Å². The van der Waals surface area contributed by atoms with E-state index in [1.165, 1.54) is 0 Å². The lowest BCUT2D eigenvalue weighted by Gasteiger charge is -2.34. The van der Waals surface area contributed by atoms with Crippen molar-refractivity contribution in [3.05, 3.63) is 35.4 Å². The van der Waals surface area contributed by atoms with Gasteiger partial charge in [-0.05, 0) is 18.9 Å². The highest BCUT2D eigenvalue weighted by molar-refractivity contribution is 7.80. The second-order valence-corrected chi connectivity index (χ2v) is 6.69. The summed E-state index contributed by atoms with van der Waals surface area (Å²) in [6.45, 7) is 4.54. The largest absolute Gasteiger partial charge is 0.381 e. The number of aryl methyl sites for hydroxylation is 1. The Morgan fingerprint density at radius 2 is 1.96 bits per heavy atom. The predicted molar refractivity (Wildman–Crippen MR) is 101 cm³/mol. The quantitative estimate of drug-likeness (QED) is 0.302. The second kappa shape index (κ2) is 9.83. The van der Waals surface area contributed by atoms with Gasteiger partial charge in [0, 0.05) is 13.6 Å². The van der Waals surface area contributed by atoms with Gasteiger partial charge in [0.1, 0.15) is 10.5 Å². The van der Waals surface area contributed by atoms with Gasteiger partial charge in [-0.1, -0.05) is 55.4 Å². The SMILES string of the molecule is CCCCNC(=O)CC(NS(=O)O)(C(=S)NC)c1ccc(C)cc1. The van der Waals surface area contributed by atoms with Crippen molar-refractivity contribution in [3.63, 3.8) is 0 Å². The highest BCUT2D eigenvalue weighted by Gasteiger charge is 2.40. The molecule has 0 saturated heterocycles. The van der Waals surface area contributed by atoms with Crippen molar-refractivity contribution < 1.29 is 13.6 Å². The molecule has 0 aliphatic carbocycles. The Morgan fingerprint density at radius 1 is 1.33 bits per heavy atom. The van der Waals surface area contributed by atoms with Gasteiger partial charge in [-0.25, -0.2) is 4.21 Å². The third-order valence-electron chi connectivity index (χ3n) is 3.70. The summed E-state index contributed by atoms with van der Waals surface area (Å²) >= 11 is 3.03. The molecule has 0 spiro atoms. The maximum atomic E-state index is 12.4. The molecule has 2 unspecified atom stereocenters. The lowest BCUT2D eigenvalue weighted by Crippen LogP contribution is -2.55. The molecule has 134 valence electrons. The van der Waals surface area contributed by atoms with Crippen LogP contribution in [0.4, 0.5) is 0 Å². The van der Waals surface area contributed by atoms with E-state index < -0.39 is 16.8 Å². The normalized spacial score (nSPS) is 14.5. The van der Waals surface area contributed by atoms with Crippen LogP contribution in [0, 0.1) is 6.92 Å². The molecular weight excluding hydrogens is 346 g/mol. The van der Waals surface area contributed by atoms with Gasteiger partial charge in [0.05, 0.1) is 6.42 Å². The van der Waals surface area contributed by atoms with Gasteiger partial charge >= 0.3 is 0 Å². The van der Waals surface area contributed by atoms with Crippen LogP contribution < -0.4 is 15.4 Å². The number of amides is 1. The maximum absolute atomic E-state index is 12.4. The monoisotopic (exact) mass is 371 g/mol. The number of rotatable bonds is 9. The fourth-order valence-corrected chi connectivity index (χ4v) is 3.26. The van der Waals surface area contributed by atoms with Crippen molar-refractivity contribution in [3.8, 4) is 0 Å². The lowest BCUT2D eigenvalue weighted by molar-refractivity contribution is -0.121. The molecule has 24 heavy (non-hydrogen) atoms. The summed E-state index contributed by atoms with van der Waals surface area (Å²) in [6, 6.07) is 7.36. The molecule has 0 aromatic heterocycles. The van der Waals surface area contributed by atoms with Gasteiger partial charge in [0.15, 0.2) is 0 Å². The van der Waals surface area contributed by atoms with Gasteiger partial charge in [-0.3, -0.25) is 9.35 Å². The van der Waals surface area contributed by atoms with Crippen LogP contribution in [0.2, 0.25) is 0 Å². The standard InChI is InChI=1S/C16H25N3O3S2/c1-4-5-10-18-14(20)11-16(15(23)17-3,19-24(21)22)13-8-6-12(2)7-9-13/h6-9,19H,4-5,10-11H2,1-3H3,(H,17,23)(H,18,20)(H,21,22). The number of carbonyl (C=O) groups excluding carboxylic acids is 1. The van der Waals surface area contributed by atoms with Crippen LogP contribution in [0.3, 0.4) is 0 Å². The second-order valence-electron chi connectivity index (χ2n) is 5.58. The first-order chi connectivity index (χ1) is 11.4. The Morgan fingerprint density at radius 3 is 2.46 bits per heavy atom. The topological polar surface area (TPSA) is 90.5 Å². The molecule has 2 atom stereocenters. The van der Waals surface area contributed by atoms with Gasteiger partial charge in [-0.2, -0.15) is 4.72 Å². The molecule has 0 aliphatic heterocycles. The van der Waals surface area contributed by atoms with E-state index in [0.717, 1.165) is 18.4 Å². The Kier molecular flexibility index (Phi) is 8.47. The summed E-state index contributed by atoms with van der Waals surface area (Å²) in [4.78, 5) is 12.6. The molecule has 0 bridgehead atoms. The first-order valence-corrected chi connectivity index (χ1v) is 9.32. The molecule has 1 rings (SSSR count). The number of thiocarbonyl (C=S) groups is 1. The van der Waals surface area contributed by atoms with Gasteiger partial charge in [-0.15, -0.1) is 0 Å². The van der Waals surface area contributed by atoms with E-state index >= 15 is 0 Å². The minimum absolute atomic E-state index is 0.0776. The molecule has 0 fully saturated rings. The molecule has 0 heterocycles. The number of carbonyl (C=O) groups is 1. The average molecular weight is 372 g/mol. The van der Waals surface area contributed by atoms with E-state index in [0.29, 0.717) is 12.1 Å². The van der Waals surface area contributed by atoms with Crippen molar-refractivity contribution in [2.75, 3.05) is 13.6 Å². The molecule has 0 radical (unpaired) electrons. The van der Waals surface area contributed by atoms with Crippen molar-refractivity contribution in [2.45, 2.75) is 38.6 Å². The Hall–Kier alpha value is -1.35. The molecule has 6 nitrogen and oxygen atoms in total. The molecule has 1 aromatic rings. The molecule has 0 saturated carbocycles. The number of benzene rings is 1. The van der Waals surface area contributed by atoms with Gasteiger partial charge < -0.3 is 10.6 Å². The summed E-state index contributed by atoms with van der Waals surface area (Å²) < 4.78 is 23.5. The molecule has 4 N–H and O–H groups in total. The third-order valence-corrected chi connectivity index (χ3v) is 4.77. The molecule has 1 aromatic carbocycles. The zero-order valence-electron chi connectivity index (χ0n) is 14.2. The maximum Gasteiger partial charge on any atom is 0.232 e. The fourth-order valence-electron chi connectivity index (χ4n) is 2.36. The van der Waals surface area contributed by atoms with Crippen LogP contribution in [-0.4, -0.2) is 33.2 Å². The minimum atomic E-state index is -2.34. The van der Waals surface area contributed by atoms with E-state index in [4.69, 9.17) is 12.2 Å². The van der Waals surface area contributed by atoms with E-state index in [-0.39, 0.29) is 17.3 Å². The van der Waals surface area contributed by atoms with Crippen LogP contribution >= 0.6 is 12.2 Å². The Bertz CT molecular complexity index is 593.